The zero-order chi connectivity index (χ0) is 18.6. The second kappa shape index (κ2) is 19.2. The zero-order valence-electron chi connectivity index (χ0n) is 16.0. The van der Waals surface area contributed by atoms with Crippen LogP contribution in [0.15, 0.2) is 24.3 Å². The lowest BCUT2D eigenvalue weighted by atomic mass is 10.1. The third-order valence-electron chi connectivity index (χ3n) is 4.06. The van der Waals surface area contributed by atoms with Crippen molar-refractivity contribution in [3.05, 3.63) is 24.3 Å². The first-order valence-electron chi connectivity index (χ1n) is 9.97. The average molecular weight is 355 g/mol. The second-order valence-corrected chi connectivity index (χ2v) is 6.49. The predicted octanol–water partition coefficient (Wildman–Crippen LogP) is 4.70. The quantitative estimate of drug-likeness (QED) is 0.226. The minimum absolute atomic E-state index is 0.330. The highest BCUT2D eigenvalue weighted by Gasteiger charge is 2.11. The van der Waals surface area contributed by atoms with Crippen molar-refractivity contribution in [3.8, 4) is 0 Å². The molecule has 4 nitrogen and oxygen atoms in total. The standard InChI is InChI=1S/C21H38O4/c1-2-3-4-5-6-7-8-9-10-11-12-13-14-15-16-17-21(24)25-20(18-22)19-23/h7-10,20,22-23H,2-6,11-19H2,1H3/b8-7+,10-9-. The number of esters is 1. The van der Waals surface area contributed by atoms with Crippen LogP contribution in [0.1, 0.15) is 84.0 Å². The van der Waals surface area contributed by atoms with Gasteiger partial charge in [-0.3, -0.25) is 4.79 Å². The molecule has 0 radical (unpaired) electrons. The van der Waals surface area contributed by atoms with Crippen LogP contribution in [0.3, 0.4) is 0 Å². The molecule has 0 aromatic rings. The molecule has 0 spiro atoms. The molecule has 0 saturated heterocycles. The Morgan fingerprint density at radius 3 is 1.92 bits per heavy atom. The number of hydrogen-bond acceptors (Lipinski definition) is 4. The first-order valence-corrected chi connectivity index (χ1v) is 9.97. The number of carbonyl (C=O) groups excluding carboxylic acids is 1. The van der Waals surface area contributed by atoms with Gasteiger partial charge >= 0.3 is 5.97 Å². The summed E-state index contributed by atoms with van der Waals surface area (Å²) in [6, 6.07) is 0. The van der Waals surface area contributed by atoms with Gasteiger partial charge in [0.1, 0.15) is 6.10 Å². The van der Waals surface area contributed by atoms with Crippen LogP contribution in [0.5, 0.6) is 0 Å². The van der Waals surface area contributed by atoms with E-state index in [-0.39, 0.29) is 19.2 Å². The van der Waals surface area contributed by atoms with Gasteiger partial charge in [-0.05, 0) is 32.1 Å². The molecule has 0 bridgehead atoms. The highest BCUT2D eigenvalue weighted by atomic mass is 16.6. The molecular formula is C21H38O4. The Morgan fingerprint density at radius 2 is 1.36 bits per heavy atom. The third kappa shape index (κ3) is 17.5. The van der Waals surface area contributed by atoms with Gasteiger partial charge in [-0.2, -0.15) is 0 Å². The number of allylic oxidation sites excluding steroid dienone is 4. The monoisotopic (exact) mass is 354 g/mol. The largest absolute Gasteiger partial charge is 0.457 e. The molecule has 0 rings (SSSR count). The van der Waals surface area contributed by atoms with E-state index in [4.69, 9.17) is 14.9 Å². The number of carbonyl (C=O) groups is 1. The number of aliphatic hydroxyl groups is 2. The van der Waals surface area contributed by atoms with Crippen molar-refractivity contribution >= 4 is 5.97 Å². The Hall–Kier alpha value is -1.13. The van der Waals surface area contributed by atoms with E-state index in [9.17, 15) is 4.79 Å². The molecule has 2 N–H and O–H groups in total. The molecule has 0 aromatic heterocycles. The summed E-state index contributed by atoms with van der Waals surface area (Å²) in [5.74, 6) is -0.336. The van der Waals surface area contributed by atoms with E-state index in [1.54, 1.807) is 0 Å². The summed E-state index contributed by atoms with van der Waals surface area (Å²) in [4.78, 5) is 11.4. The Morgan fingerprint density at radius 1 is 0.840 bits per heavy atom. The van der Waals surface area contributed by atoms with E-state index in [1.165, 1.54) is 44.9 Å². The molecule has 25 heavy (non-hydrogen) atoms. The van der Waals surface area contributed by atoms with Gasteiger partial charge in [0.05, 0.1) is 13.2 Å². The van der Waals surface area contributed by atoms with E-state index in [1.807, 2.05) is 0 Å². The maximum Gasteiger partial charge on any atom is 0.306 e. The molecule has 0 aromatic carbocycles. The molecule has 0 aliphatic carbocycles. The molecule has 0 atom stereocenters. The lowest BCUT2D eigenvalue weighted by Gasteiger charge is -2.12. The van der Waals surface area contributed by atoms with Crippen molar-refractivity contribution in [2.24, 2.45) is 0 Å². The second-order valence-electron chi connectivity index (χ2n) is 6.49. The van der Waals surface area contributed by atoms with Gasteiger partial charge in [0.2, 0.25) is 0 Å². The molecule has 4 heteroatoms. The predicted molar refractivity (Wildman–Crippen MR) is 103 cm³/mol. The first-order chi connectivity index (χ1) is 12.2. The Labute approximate surface area is 154 Å². The highest BCUT2D eigenvalue weighted by Crippen LogP contribution is 2.09. The van der Waals surface area contributed by atoms with Crippen molar-refractivity contribution in [2.45, 2.75) is 90.1 Å². The minimum atomic E-state index is -0.773. The SMILES string of the molecule is CCCCCC/C=C/C=C\CCCCCCCC(=O)OC(CO)CO. The molecular weight excluding hydrogens is 316 g/mol. The van der Waals surface area contributed by atoms with Gasteiger partial charge in [0, 0.05) is 6.42 Å². The maximum absolute atomic E-state index is 11.4. The fraction of sp³-hybridized carbons (Fsp3) is 0.762. The average Bonchev–Trinajstić information content (AvgIpc) is 2.62. The van der Waals surface area contributed by atoms with Crippen molar-refractivity contribution in [3.63, 3.8) is 0 Å². The number of ether oxygens (including phenoxy) is 1. The molecule has 0 amide bonds. The Kier molecular flexibility index (Phi) is 18.3. The van der Waals surface area contributed by atoms with Crippen molar-refractivity contribution in [1.82, 2.24) is 0 Å². The fourth-order valence-corrected chi connectivity index (χ4v) is 2.48. The van der Waals surface area contributed by atoms with Crippen LogP contribution in [-0.4, -0.2) is 35.5 Å². The van der Waals surface area contributed by atoms with Crippen LogP contribution in [0, 0.1) is 0 Å². The lowest BCUT2D eigenvalue weighted by Crippen LogP contribution is -2.25. The van der Waals surface area contributed by atoms with Gasteiger partial charge in [0.15, 0.2) is 0 Å². The van der Waals surface area contributed by atoms with E-state index >= 15 is 0 Å². The summed E-state index contributed by atoms with van der Waals surface area (Å²) in [7, 11) is 0. The smallest absolute Gasteiger partial charge is 0.306 e. The van der Waals surface area contributed by atoms with Gasteiger partial charge in [-0.25, -0.2) is 0 Å². The molecule has 0 fully saturated rings. The van der Waals surface area contributed by atoms with Crippen LogP contribution < -0.4 is 0 Å². The summed E-state index contributed by atoms with van der Waals surface area (Å²) >= 11 is 0. The maximum atomic E-state index is 11.4. The van der Waals surface area contributed by atoms with Crippen molar-refractivity contribution < 1.29 is 19.7 Å². The molecule has 0 unspecified atom stereocenters. The van der Waals surface area contributed by atoms with E-state index < -0.39 is 6.10 Å². The summed E-state index contributed by atoms with van der Waals surface area (Å²) in [6.45, 7) is 1.58. The number of hydrogen-bond donors (Lipinski definition) is 2. The Bertz CT molecular complexity index is 346. The number of rotatable bonds is 17. The summed E-state index contributed by atoms with van der Waals surface area (Å²) in [5, 5.41) is 17.7. The van der Waals surface area contributed by atoms with Gasteiger partial charge in [-0.1, -0.05) is 69.8 Å². The van der Waals surface area contributed by atoms with Crippen LogP contribution in [0.25, 0.3) is 0 Å². The van der Waals surface area contributed by atoms with Crippen molar-refractivity contribution in [2.75, 3.05) is 13.2 Å². The van der Waals surface area contributed by atoms with Crippen molar-refractivity contribution in [1.29, 1.82) is 0 Å². The third-order valence-corrected chi connectivity index (χ3v) is 4.06. The van der Waals surface area contributed by atoms with Gasteiger partial charge < -0.3 is 14.9 Å². The topological polar surface area (TPSA) is 66.8 Å². The van der Waals surface area contributed by atoms with Crippen LogP contribution in [-0.2, 0) is 9.53 Å². The molecule has 0 saturated carbocycles. The first kappa shape index (κ1) is 23.9. The van der Waals surface area contributed by atoms with E-state index in [0.717, 1.165) is 25.7 Å². The van der Waals surface area contributed by atoms with Crippen LogP contribution >= 0.6 is 0 Å². The van der Waals surface area contributed by atoms with Crippen LogP contribution in [0.4, 0.5) is 0 Å². The highest BCUT2D eigenvalue weighted by molar-refractivity contribution is 5.69. The fourth-order valence-electron chi connectivity index (χ4n) is 2.48. The molecule has 0 aliphatic heterocycles. The van der Waals surface area contributed by atoms with E-state index in [2.05, 4.69) is 31.2 Å². The lowest BCUT2D eigenvalue weighted by molar-refractivity contribution is -0.153. The number of unbranched alkanes of at least 4 members (excludes halogenated alkanes) is 9. The molecule has 0 aliphatic rings. The number of aliphatic hydroxyl groups excluding tert-OH is 2. The molecule has 146 valence electrons. The summed E-state index contributed by atoms with van der Waals surface area (Å²) in [6.07, 6.45) is 21.2. The van der Waals surface area contributed by atoms with Gasteiger partial charge in [0.25, 0.3) is 0 Å². The zero-order valence-corrected chi connectivity index (χ0v) is 16.0. The summed E-state index contributed by atoms with van der Waals surface area (Å²) in [5.41, 5.74) is 0. The van der Waals surface area contributed by atoms with Crippen LogP contribution in [0.2, 0.25) is 0 Å². The van der Waals surface area contributed by atoms with Gasteiger partial charge in [-0.15, -0.1) is 0 Å². The normalized spacial score (nSPS) is 11.8. The Balaban J connectivity index is 3.36. The molecule has 0 heterocycles. The summed E-state index contributed by atoms with van der Waals surface area (Å²) < 4.78 is 4.91. The minimum Gasteiger partial charge on any atom is -0.457 e. The van der Waals surface area contributed by atoms with E-state index in [0.29, 0.717) is 6.42 Å².